The Hall–Kier alpha value is -2.24. The first-order valence-electron chi connectivity index (χ1n) is 9.84. The van der Waals surface area contributed by atoms with Gasteiger partial charge in [-0.25, -0.2) is 4.79 Å². The maximum atomic E-state index is 12.4. The second-order valence-electron chi connectivity index (χ2n) is 7.46. The number of carbonyl (C=O) groups excluding carboxylic acids is 2. The van der Waals surface area contributed by atoms with Crippen LogP contribution in [0.15, 0.2) is 24.3 Å². The quantitative estimate of drug-likeness (QED) is 0.684. The van der Waals surface area contributed by atoms with E-state index in [9.17, 15) is 9.59 Å². The zero-order valence-electron chi connectivity index (χ0n) is 16.8. The molecule has 0 bridgehead atoms. The summed E-state index contributed by atoms with van der Waals surface area (Å²) in [4.78, 5) is 28.1. The molecule has 1 fully saturated rings. The summed E-state index contributed by atoms with van der Waals surface area (Å²) in [5.41, 5.74) is 1.16. The summed E-state index contributed by atoms with van der Waals surface area (Å²) >= 11 is 0. The predicted octanol–water partition coefficient (Wildman–Crippen LogP) is 3.48. The fourth-order valence-electron chi connectivity index (χ4n) is 2.96. The number of hydrogen-bond acceptors (Lipinski definition) is 4. The van der Waals surface area contributed by atoms with Gasteiger partial charge in [0.25, 0.3) is 0 Å². The minimum atomic E-state index is -0.274. The minimum Gasteiger partial charge on any atom is -0.494 e. The summed E-state index contributed by atoms with van der Waals surface area (Å²) < 4.78 is 11.0. The van der Waals surface area contributed by atoms with Gasteiger partial charge in [0.1, 0.15) is 5.75 Å². The summed E-state index contributed by atoms with van der Waals surface area (Å²) in [6.07, 6.45) is 1.65. The van der Waals surface area contributed by atoms with Crippen LogP contribution in [0.25, 0.3) is 0 Å². The first-order valence-corrected chi connectivity index (χ1v) is 9.84. The number of nitrogens with zero attached hydrogens (tertiary/aromatic N) is 2. The van der Waals surface area contributed by atoms with Gasteiger partial charge >= 0.3 is 6.09 Å². The zero-order valence-corrected chi connectivity index (χ0v) is 16.8. The van der Waals surface area contributed by atoms with E-state index in [0.29, 0.717) is 58.2 Å². The Kier molecular flexibility index (Phi) is 8.43. The molecule has 0 spiro atoms. The topological polar surface area (TPSA) is 59.1 Å². The molecule has 0 saturated carbocycles. The molecule has 1 saturated heterocycles. The number of ether oxygens (including phenoxy) is 2. The molecule has 1 aliphatic heterocycles. The Balaban J connectivity index is 1.68. The SMILES string of the molecule is Cc1cccc(OCCCC(=O)N2CCCN(C(=O)OCC(C)C)CC2)c1. The summed E-state index contributed by atoms with van der Waals surface area (Å²) in [5, 5.41) is 0. The largest absolute Gasteiger partial charge is 0.494 e. The molecule has 0 unspecified atom stereocenters. The normalized spacial score (nSPS) is 14.8. The van der Waals surface area contributed by atoms with Gasteiger partial charge in [0.15, 0.2) is 0 Å². The first kappa shape index (κ1) is 21.1. The van der Waals surface area contributed by atoms with Crippen molar-refractivity contribution < 1.29 is 19.1 Å². The lowest BCUT2D eigenvalue weighted by Crippen LogP contribution is -2.38. The summed E-state index contributed by atoms with van der Waals surface area (Å²) in [6, 6.07) is 7.91. The van der Waals surface area contributed by atoms with Gasteiger partial charge in [-0.2, -0.15) is 0 Å². The molecule has 0 atom stereocenters. The van der Waals surface area contributed by atoms with Gasteiger partial charge in [-0.15, -0.1) is 0 Å². The van der Waals surface area contributed by atoms with E-state index in [-0.39, 0.29) is 12.0 Å². The van der Waals surface area contributed by atoms with E-state index in [0.717, 1.165) is 17.7 Å². The second-order valence-corrected chi connectivity index (χ2v) is 7.46. The van der Waals surface area contributed by atoms with Crippen LogP contribution in [-0.2, 0) is 9.53 Å². The van der Waals surface area contributed by atoms with Crippen molar-refractivity contribution in [2.75, 3.05) is 39.4 Å². The lowest BCUT2D eigenvalue weighted by Gasteiger charge is -2.22. The molecule has 1 aliphatic rings. The van der Waals surface area contributed by atoms with Crippen LogP contribution in [0.2, 0.25) is 0 Å². The standard InChI is InChI=1S/C21H32N2O4/c1-17(2)16-27-21(25)23-11-6-10-22(12-13-23)20(24)9-5-14-26-19-8-4-7-18(3)15-19/h4,7-8,15,17H,5-6,9-14,16H2,1-3H3. The molecule has 1 heterocycles. The predicted molar refractivity (Wildman–Crippen MR) is 105 cm³/mol. The van der Waals surface area contributed by atoms with Crippen LogP contribution in [0.3, 0.4) is 0 Å². The van der Waals surface area contributed by atoms with Crippen LogP contribution in [0.1, 0.15) is 38.7 Å². The summed E-state index contributed by atoms with van der Waals surface area (Å²) in [5.74, 6) is 1.29. The number of hydrogen-bond donors (Lipinski definition) is 0. The van der Waals surface area contributed by atoms with E-state index in [1.165, 1.54) is 0 Å². The van der Waals surface area contributed by atoms with E-state index in [2.05, 4.69) is 0 Å². The fraction of sp³-hybridized carbons (Fsp3) is 0.619. The zero-order chi connectivity index (χ0) is 19.6. The molecule has 6 nitrogen and oxygen atoms in total. The molecule has 27 heavy (non-hydrogen) atoms. The second kappa shape index (κ2) is 10.8. The smallest absolute Gasteiger partial charge is 0.409 e. The Morgan fingerprint density at radius 2 is 1.85 bits per heavy atom. The van der Waals surface area contributed by atoms with Crippen molar-refractivity contribution >= 4 is 12.0 Å². The number of amides is 2. The van der Waals surface area contributed by atoms with E-state index in [1.807, 2.05) is 49.9 Å². The van der Waals surface area contributed by atoms with Crippen molar-refractivity contribution in [2.24, 2.45) is 5.92 Å². The molecule has 0 N–H and O–H groups in total. The highest BCUT2D eigenvalue weighted by Gasteiger charge is 2.22. The van der Waals surface area contributed by atoms with Crippen molar-refractivity contribution in [1.82, 2.24) is 9.80 Å². The van der Waals surface area contributed by atoms with Gasteiger partial charge in [0.05, 0.1) is 13.2 Å². The molecule has 150 valence electrons. The fourth-order valence-corrected chi connectivity index (χ4v) is 2.96. The molecule has 2 rings (SSSR count). The average molecular weight is 376 g/mol. The van der Waals surface area contributed by atoms with E-state index >= 15 is 0 Å². The van der Waals surface area contributed by atoms with Gasteiger partial charge in [0, 0.05) is 32.6 Å². The van der Waals surface area contributed by atoms with Crippen molar-refractivity contribution in [3.63, 3.8) is 0 Å². The van der Waals surface area contributed by atoms with Gasteiger partial charge in [-0.05, 0) is 43.4 Å². The number of carbonyl (C=O) groups is 2. The molecular formula is C21H32N2O4. The van der Waals surface area contributed by atoms with Crippen LogP contribution >= 0.6 is 0 Å². The average Bonchev–Trinajstić information content (AvgIpc) is 2.89. The van der Waals surface area contributed by atoms with Gasteiger partial charge in [-0.3, -0.25) is 4.79 Å². The Bertz CT molecular complexity index is 618. The van der Waals surface area contributed by atoms with Crippen molar-refractivity contribution in [1.29, 1.82) is 0 Å². The lowest BCUT2D eigenvalue weighted by molar-refractivity contribution is -0.131. The molecule has 0 radical (unpaired) electrons. The van der Waals surface area contributed by atoms with Crippen molar-refractivity contribution in [2.45, 2.75) is 40.0 Å². The monoisotopic (exact) mass is 376 g/mol. The Labute approximate surface area is 162 Å². The van der Waals surface area contributed by atoms with Gasteiger partial charge in [0.2, 0.25) is 5.91 Å². The van der Waals surface area contributed by atoms with Gasteiger partial charge in [-0.1, -0.05) is 26.0 Å². The van der Waals surface area contributed by atoms with E-state index < -0.39 is 0 Å². The van der Waals surface area contributed by atoms with Crippen molar-refractivity contribution in [3.8, 4) is 5.75 Å². The molecular weight excluding hydrogens is 344 g/mol. The van der Waals surface area contributed by atoms with Crippen LogP contribution in [0, 0.1) is 12.8 Å². The van der Waals surface area contributed by atoms with E-state index in [4.69, 9.17) is 9.47 Å². The third-order valence-corrected chi connectivity index (χ3v) is 4.44. The molecule has 2 amide bonds. The van der Waals surface area contributed by atoms with Crippen LogP contribution in [-0.4, -0.2) is 61.2 Å². The first-order chi connectivity index (χ1) is 13.0. The number of aryl methyl sites for hydroxylation is 1. The highest BCUT2D eigenvalue weighted by atomic mass is 16.6. The summed E-state index contributed by atoms with van der Waals surface area (Å²) in [6.45, 7) is 9.42. The lowest BCUT2D eigenvalue weighted by atomic mass is 10.2. The molecule has 6 heteroatoms. The highest BCUT2D eigenvalue weighted by Crippen LogP contribution is 2.13. The Morgan fingerprint density at radius 1 is 1.11 bits per heavy atom. The van der Waals surface area contributed by atoms with E-state index in [1.54, 1.807) is 4.90 Å². The van der Waals surface area contributed by atoms with Gasteiger partial charge < -0.3 is 19.3 Å². The minimum absolute atomic E-state index is 0.125. The van der Waals surface area contributed by atoms with Crippen molar-refractivity contribution in [3.05, 3.63) is 29.8 Å². The van der Waals surface area contributed by atoms with Crippen LogP contribution in [0.5, 0.6) is 5.75 Å². The Morgan fingerprint density at radius 3 is 2.59 bits per heavy atom. The molecule has 1 aromatic rings. The number of benzene rings is 1. The van der Waals surface area contributed by atoms with Crippen LogP contribution in [0.4, 0.5) is 4.79 Å². The van der Waals surface area contributed by atoms with Crippen LogP contribution < -0.4 is 4.74 Å². The highest BCUT2D eigenvalue weighted by molar-refractivity contribution is 5.76. The third kappa shape index (κ3) is 7.49. The maximum Gasteiger partial charge on any atom is 0.409 e. The third-order valence-electron chi connectivity index (χ3n) is 4.44. The number of rotatable bonds is 7. The summed E-state index contributed by atoms with van der Waals surface area (Å²) in [7, 11) is 0. The molecule has 0 aromatic heterocycles. The maximum absolute atomic E-state index is 12.4. The molecule has 0 aliphatic carbocycles. The molecule has 1 aromatic carbocycles.